The van der Waals surface area contributed by atoms with E-state index in [0.29, 0.717) is 0 Å². The molecule has 0 unspecified atom stereocenters. The van der Waals surface area contributed by atoms with Gasteiger partial charge in [-0.3, -0.25) is 0 Å². The number of nitrogens with two attached hydrogens (primary N) is 1. The van der Waals surface area contributed by atoms with Crippen LogP contribution in [0.4, 0.5) is 0 Å². The first kappa shape index (κ1) is 11.4. The molecule has 1 fully saturated rings. The van der Waals surface area contributed by atoms with Crippen LogP contribution in [-0.2, 0) is 0 Å². The molecule has 0 heterocycles. The summed E-state index contributed by atoms with van der Waals surface area (Å²) in [7, 11) is 1.90. The monoisotopic (exact) mass is 197 g/mol. The van der Waals surface area contributed by atoms with Crippen molar-refractivity contribution in [3.63, 3.8) is 0 Å². The Morgan fingerprint density at radius 1 is 1.36 bits per heavy atom. The van der Waals surface area contributed by atoms with E-state index in [1.54, 1.807) is 0 Å². The van der Waals surface area contributed by atoms with Crippen molar-refractivity contribution in [2.45, 2.75) is 32.1 Å². The van der Waals surface area contributed by atoms with Gasteiger partial charge in [0.2, 0.25) is 0 Å². The summed E-state index contributed by atoms with van der Waals surface area (Å²) in [6.07, 6.45) is 8.93. The molecule has 0 aromatic rings. The smallest absolute Gasteiger partial charge is 0.0381 e. The van der Waals surface area contributed by atoms with Crippen LogP contribution in [-0.4, -0.2) is 20.1 Å². The minimum atomic E-state index is 0.762. The highest BCUT2D eigenvalue weighted by Gasteiger charge is 2.11. The predicted octanol–water partition coefficient (Wildman–Crippen LogP) is 1.18. The van der Waals surface area contributed by atoms with Crippen LogP contribution in [0.25, 0.3) is 0 Å². The van der Waals surface area contributed by atoms with Gasteiger partial charge in [0.15, 0.2) is 0 Å². The van der Waals surface area contributed by atoms with Gasteiger partial charge in [-0.25, -0.2) is 0 Å². The average Bonchev–Trinajstić information content (AvgIpc) is 2.20. The minimum Gasteiger partial charge on any atom is -0.400 e. The molecular weight excluding hydrogens is 174 g/mol. The van der Waals surface area contributed by atoms with Crippen LogP contribution in [0.15, 0.2) is 11.9 Å². The van der Waals surface area contributed by atoms with Crippen LogP contribution in [0.3, 0.4) is 0 Å². The standard InChI is InChI=1S/C11H23N3/c1-13-8-11(12)9-14-7-10-5-3-2-4-6-10/h9-10,13-14H,2-8,12H2,1H3/b11-9-. The minimum absolute atomic E-state index is 0.762. The highest BCUT2D eigenvalue weighted by Crippen LogP contribution is 2.22. The summed E-state index contributed by atoms with van der Waals surface area (Å²) in [6, 6.07) is 0. The largest absolute Gasteiger partial charge is 0.400 e. The molecule has 0 saturated heterocycles. The maximum absolute atomic E-state index is 5.74. The van der Waals surface area contributed by atoms with E-state index in [1.807, 2.05) is 13.2 Å². The second kappa shape index (κ2) is 6.71. The molecule has 0 aliphatic heterocycles. The maximum Gasteiger partial charge on any atom is 0.0381 e. The Hall–Kier alpha value is -0.700. The van der Waals surface area contributed by atoms with Gasteiger partial charge in [0, 0.05) is 25.0 Å². The topological polar surface area (TPSA) is 50.1 Å². The molecule has 1 aliphatic rings. The molecular formula is C11H23N3. The molecule has 14 heavy (non-hydrogen) atoms. The quantitative estimate of drug-likeness (QED) is 0.620. The van der Waals surface area contributed by atoms with Crippen LogP contribution >= 0.6 is 0 Å². The third-order valence-corrected chi connectivity index (χ3v) is 2.80. The molecule has 0 atom stereocenters. The van der Waals surface area contributed by atoms with Crippen molar-refractivity contribution in [2.24, 2.45) is 11.7 Å². The number of likely N-dealkylation sites (N-methyl/N-ethyl adjacent to an activating group) is 1. The van der Waals surface area contributed by atoms with Crippen LogP contribution < -0.4 is 16.4 Å². The van der Waals surface area contributed by atoms with Crippen molar-refractivity contribution >= 4 is 0 Å². The van der Waals surface area contributed by atoms with Crippen LogP contribution in [0.2, 0.25) is 0 Å². The van der Waals surface area contributed by atoms with E-state index in [9.17, 15) is 0 Å². The molecule has 0 bridgehead atoms. The number of hydrogen-bond acceptors (Lipinski definition) is 3. The zero-order valence-electron chi connectivity index (χ0n) is 9.18. The zero-order valence-corrected chi connectivity index (χ0v) is 9.18. The Kier molecular flexibility index (Phi) is 5.45. The lowest BCUT2D eigenvalue weighted by Gasteiger charge is -2.21. The number of nitrogens with one attached hydrogen (secondary N) is 2. The summed E-state index contributed by atoms with van der Waals surface area (Å²) < 4.78 is 0. The van der Waals surface area contributed by atoms with E-state index in [-0.39, 0.29) is 0 Å². The van der Waals surface area contributed by atoms with Gasteiger partial charge in [-0.15, -0.1) is 0 Å². The highest BCUT2D eigenvalue weighted by molar-refractivity contribution is 4.96. The molecule has 0 aromatic heterocycles. The fourth-order valence-corrected chi connectivity index (χ4v) is 2.00. The van der Waals surface area contributed by atoms with Gasteiger partial charge in [-0.05, 0) is 25.8 Å². The fraction of sp³-hybridized carbons (Fsp3) is 0.818. The van der Waals surface area contributed by atoms with Crippen LogP contribution in [0.5, 0.6) is 0 Å². The Labute approximate surface area is 87.1 Å². The van der Waals surface area contributed by atoms with Gasteiger partial charge in [-0.2, -0.15) is 0 Å². The second-order valence-corrected chi connectivity index (χ2v) is 4.16. The predicted molar refractivity (Wildman–Crippen MR) is 60.8 cm³/mol. The van der Waals surface area contributed by atoms with Crippen molar-refractivity contribution < 1.29 is 0 Å². The third-order valence-electron chi connectivity index (χ3n) is 2.80. The normalized spacial score (nSPS) is 19.6. The molecule has 0 aromatic carbocycles. The summed E-state index contributed by atoms with van der Waals surface area (Å²) >= 11 is 0. The molecule has 0 amide bonds. The first-order valence-corrected chi connectivity index (χ1v) is 5.65. The van der Waals surface area contributed by atoms with Gasteiger partial charge in [0.05, 0.1) is 0 Å². The molecule has 3 nitrogen and oxygen atoms in total. The van der Waals surface area contributed by atoms with Crippen molar-refractivity contribution in [3.05, 3.63) is 11.9 Å². The summed E-state index contributed by atoms with van der Waals surface area (Å²) in [5.41, 5.74) is 6.61. The Morgan fingerprint density at radius 2 is 2.07 bits per heavy atom. The van der Waals surface area contributed by atoms with E-state index < -0.39 is 0 Å². The van der Waals surface area contributed by atoms with Crippen molar-refractivity contribution in [1.29, 1.82) is 0 Å². The lowest BCUT2D eigenvalue weighted by molar-refractivity contribution is 0.353. The molecule has 4 N–H and O–H groups in total. The fourth-order valence-electron chi connectivity index (χ4n) is 2.00. The van der Waals surface area contributed by atoms with Gasteiger partial charge >= 0.3 is 0 Å². The highest BCUT2D eigenvalue weighted by atomic mass is 14.9. The van der Waals surface area contributed by atoms with Gasteiger partial charge in [0.25, 0.3) is 0 Å². The number of rotatable bonds is 5. The van der Waals surface area contributed by atoms with E-state index in [1.165, 1.54) is 32.1 Å². The van der Waals surface area contributed by atoms with Crippen molar-refractivity contribution in [2.75, 3.05) is 20.1 Å². The Morgan fingerprint density at radius 3 is 2.71 bits per heavy atom. The first-order valence-electron chi connectivity index (χ1n) is 5.65. The van der Waals surface area contributed by atoms with Crippen molar-refractivity contribution in [1.82, 2.24) is 10.6 Å². The Bertz CT molecular complexity index is 171. The lowest BCUT2D eigenvalue weighted by Crippen LogP contribution is -2.24. The summed E-state index contributed by atoms with van der Waals surface area (Å²) in [5.74, 6) is 0.863. The van der Waals surface area contributed by atoms with E-state index in [2.05, 4.69) is 10.6 Å². The summed E-state index contributed by atoms with van der Waals surface area (Å²) in [5, 5.41) is 6.34. The molecule has 3 heteroatoms. The maximum atomic E-state index is 5.74. The molecule has 1 saturated carbocycles. The molecule has 82 valence electrons. The first-order chi connectivity index (χ1) is 6.83. The van der Waals surface area contributed by atoms with Gasteiger partial charge in [-0.1, -0.05) is 19.3 Å². The summed E-state index contributed by atoms with van der Waals surface area (Å²) in [4.78, 5) is 0. The van der Waals surface area contributed by atoms with Crippen LogP contribution in [0, 0.1) is 5.92 Å². The van der Waals surface area contributed by atoms with Crippen molar-refractivity contribution in [3.8, 4) is 0 Å². The Balaban J connectivity index is 2.09. The van der Waals surface area contributed by atoms with Gasteiger partial charge < -0.3 is 16.4 Å². The third kappa shape index (κ3) is 4.51. The van der Waals surface area contributed by atoms with Gasteiger partial charge in [0.1, 0.15) is 0 Å². The molecule has 1 rings (SSSR count). The van der Waals surface area contributed by atoms with E-state index in [4.69, 9.17) is 5.73 Å². The second-order valence-electron chi connectivity index (χ2n) is 4.16. The zero-order chi connectivity index (χ0) is 10.2. The molecule has 0 spiro atoms. The molecule has 0 radical (unpaired) electrons. The summed E-state index contributed by atoms with van der Waals surface area (Å²) in [6.45, 7) is 1.85. The average molecular weight is 197 g/mol. The van der Waals surface area contributed by atoms with Crippen LogP contribution in [0.1, 0.15) is 32.1 Å². The SMILES string of the molecule is CNC/C(N)=C/NCC1CCCCC1. The lowest BCUT2D eigenvalue weighted by atomic mass is 9.89. The molecule has 1 aliphatic carbocycles. The van der Waals surface area contributed by atoms with E-state index in [0.717, 1.165) is 24.7 Å². The number of hydrogen-bond donors (Lipinski definition) is 3. The van der Waals surface area contributed by atoms with E-state index >= 15 is 0 Å².